The molecule has 0 saturated carbocycles. The molecule has 0 spiro atoms. The molecule has 0 atom stereocenters. The zero-order valence-electron chi connectivity index (χ0n) is 23.7. The highest BCUT2D eigenvalue weighted by atomic mass is 79.9. The molecule has 0 saturated heterocycles. The average Bonchev–Trinajstić information content (AvgIpc) is 3.48. The lowest BCUT2D eigenvalue weighted by Crippen LogP contribution is -2.20. The van der Waals surface area contributed by atoms with Crippen LogP contribution in [0.25, 0.3) is 11.3 Å². The third-order valence-corrected chi connectivity index (χ3v) is 8.18. The number of nitrogens with one attached hydrogen (secondary N) is 3. The standard InChI is InChI=1S/C33H27BrClN5O3S/c1-20-3-11-25(12-4-20)38-33-39-29(19-44-33)23-7-9-24(10-8-23)32(42)40-36-17-22-6-14-30(27(34)15-22)43-18-31(41)37-26-13-5-21(2)28(35)16-26/h3-17,19H,18H2,1-2H3,(H,37,41)(H,38,39)(H,40,42)/b36-17+. The summed E-state index contributed by atoms with van der Waals surface area (Å²) in [6, 6.07) is 25.9. The summed E-state index contributed by atoms with van der Waals surface area (Å²) in [7, 11) is 0. The van der Waals surface area contributed by atoms with E-state index in [9.17, 15) is 9.59 Å². The summed E-state index contributed by atoms with van der Waals surface area (Å²) in [5.74, 6) is -0.168. The van der Waals surface area contributed by atoms with E-state index >= 15 is 0 Å². The molecule has 1 heterocycles. The molecular formula is C33H27BrClN5O3S. The van der Waals surface area contributed by atoms with Gasteiger partial charge in [0.2, 0.25) is 0 Å². The number of hydrogen-bond donors (Lipinski definition) is 3. The highest BCUT2D eigenvalue weighted by molar-refractivity contribution is 9.10. The number of ether oxygens (including phenoxy) is 1. The molecule has 0 bridgehead atoms. The molecule has 1 aromatic heterocycles. The first-order chi connectivity index (χ1) is 21.2. The largest absolute Gasteiger partial charge is 0.483 e. The van der Waals surface area contributed by atoms with Gasteiger partial charge in [-0.3, -0.25) is 9.59 Å². The Kier molecular flexibility index (Phi) is 10.1. The lowest BCUT2D eigenvalue weighted by molar-refractivity contribution is -0.118. The minimum Gasteiger partial charge on any atom is -0.483 e. The van der Waals surface area contributed by atoms with E-state index in [1.807, 2.05) is 61.7 Å². The van der Waals surface area contributed by atoms with Gasteiger partial charge in [-0.2, -0.15) is 5.10 Å². The Morgan fingerprint density at radius 2 is 1.73 bits per heavy atom. The van der Waals surface area contributed by atoms with Gasteiger partial charge < -0.3 is 15.4 Å². The van der Waals surface area contributed by atoms with Crippen LogP contribution in [-0.4, -0.2) is 29.6 Å². The molecule has 8 nitrogen and oxygen atoms in total. The smallest absolute Gasteiger partial charge is 0.271 e. The summed E-state index contributed by atoms with van der Waals surface area (Å²) in [6.45, 7) is 3.76. The molecule has 11 heteroatoms. The van der Waals surface area contributed by atoms with Crippen LogP contribution < -0.4 is 20.8 Å². The van der Waals surface area contributed by atoms with Gasteiger partial charge in [-0.25, -0.2) is 10.4 Å². The van der Waals surface area contributed by atoms with E-state index in [0.29, 0.717) is 26.5 Å². The maximum absolute atomic E-state index is 12.6. The van der Waals surface area contributed by atoms with Crippen molar-refractivity contribution in [3.05, 3.63) is 122 Å². The summed E-state index contributed by atoms with van der Waals surface area (Å²) in [5, 5.41) is 13.5. The Labute approximate surface area is 272 Å². The molecule has 0 radical (unpaired) electrons. The molecule has 5 aromatic rings. The summed E-state index contributed by atoms with van der Waals surface area (Å²) in [4.78, 5) is 29.6. The van der Waals surface area contributed by atoms with Crippen molar-refractivity contribution < 1.29 is 14.3 Å². The number of anilines is 3. The lowest BCUT2D eigenvalue weighted by atomic mass is 10.1. The SMILES string of the molecule is Cc1ccc(Nc2nc(-c3ccc(C(=O)N/N=C/c4ccc(OCC(=O)Nc5ccc(C)c(Cl)c5)c(Br)c4)cc3)cs2)cc1. The molecule has 2 amide bonds. The minimum atomic E-state index is -0.340. The molecule has 5 rings (SSSR count). The first-order valence-electron chi connectivity index (χ1n) is 13.4. The Morgan fingerprint density at radius 1 is 0.977 bits per heavy atom. The number of hydrogen-bond acceptors (Lipinski definition) is 7. The fourth-order valence-electron chi connectivity index (χ4n) is 3.97. The van der Waals surface area contributed by atoms with E-state index < -0.39 is 0 Å². The number of carbonyl (C=O) groups excluding carboxylic acids is 2. The number of aromatic nitrogens is 1. The van der Waals surface area contributed by atoms with Gasteiger partial charge in [0.25, 0.3) is 11.8 Å². The molecule has 3 N–H and O–H groups in total. The molecule has 0 aliphatic rings. The second-order valence-corrected chi connectivity index (χ2v) is 11.9. The zero-order valence-corrected chi connectivity index (χ0v) is 26.9. The van der Waals surface area contributed by atoms with Crippen molar-refractivity contribution in [3.8, 4) is 17.0 Å². The molecule has 4 aromatic carbocycles. The predicted octanol–water partition coefficient (Wildman–Crippen LogP) is 8.37. The van der Waals surface area contributed by atoms with Gasteiger partial charge in [0.05, 0.1) is 16.4 Å². The number of benzene rings is 4. The van der Waals surface area contributed by atoms with Gasteiger partial charge in [0.1, 0.15) is 5.75 Å². The molecule has 222 valence electrons. The van der Waals surface area contributed by atoms with Crippen LogP contribution in [-0.2, 0) is 4.79 Å². The summed E-state index contributed by atoms with van der Waals surface area (Å²) >= 11 is 11.1. The highest BCUT2D eigenvalue weighted by Gasteiger charge is 2.10. The molecule has 0 unspecified atom stereocenters. The van der Waals surface area contributed by atoms with E-state index in [1.165, 1.54) is 23.1 Å². The Hall–Kier alpha value is -4.51. The van der Waals surface area contributed by atoms with Crippen molar-refractivity contribution in [2.75, 3.05) is 17.2 Å². The molecule has 0 aliphatic carbocycles. The first-order valence-corrected chi connectivity index (χ1v) is 15.5. The van der Waals surface area contributed by atoms with E-state index in [2.05, 4.69) is 42.1 Å². The van der Waals surface area contributed by atoms with Crippen molar-refractivity contribution in [1.82, 2.24) is 10.4 Å². The normalized spacial score (nSPS) is 10.9. The number of carbonyl (C=O) groups is 2. The van der Waals surface area contributed by atoms with Crippen molar-refractivity contribution in [2.45, 2.75) is 13.8 Å². The number of thiazole rings is 1. The maximum Gasteiger partial charge on any atom is 0.271 e. The summed E-state index contributed by atoms with van der Waals surface area (Å²) in [5.41, 5.74) is 9.16. The van der Waals surface area contributed by atoms with E-state index in [1.54, 1.807) is 42.5 Å². The third-order valence-electron chi connectivity index (χ3n) is 6.40. The third kappa shape index (κ3) is 8.31. The van der Waals surface area contributed by atoms with E-state index in [4.69, 9.17) is 16.3 Å². The topological polar surface area (TPSA) is 105 Å². The van der Waals surface area contributed by atoms with Crippen molar-refractivity contribution in [3.63, 3.8) is 0 Å². The number of halogens is 2. The maximum atomic E-state index is 12.6. The number of nitrogens with zero attached hydrogens (tertiary/aromatic N) is 2. The molecule has 0 fully saturated rings. The zero-order chi connectivity index (χ0) is 31.1. The van der Waals surface area contributed by atoms with Crippen molar-refractivity contribution in [1.29, 1.82) is 0 Å². The Morgan fingerprint density at radius 3 is 2.45 bits per heavy atom. The second-order valence-electron chi connectivity index (χ2n) is 9.80. The fourth-order valence-corrected chi connectivity index (χ4v) is 5.40. The van der Waals surface area contributed by atoms with Gasteiger partial charge in [-0.15, -0.1) is 11.3 Å². The van der Waals surface area contributed by atoms with Crippen LogP contribution >= 0.6 is 38.9 Å². The second kappa shape index (κ2) is 14.3. The van der Waals surface area contributed by atoms with Gasteiger partial charge >= 0.3 is 0 Å². The summed E-state index contributed by atoms with van der Waals surface area (Å²) in [6.07, 6.45) is 1.52. The van der Waals surface area contributed by atoms with Gasteiger partial charge in [0.15, 0.2) is 11.7 Å². The molecule has 0 aliphatic heterocycles. The number of rotatable bonds is 10. The average molecular weight is 689 g/mol. The fraction of sp³-hybridized carbons (Fsp3) is 0.0909. The highest BCUT2D eigenvalue weighted by Crippen LogP contribution is 2.28. The van der Waals surface area contributed by atoms with Gasteiger partial charge in [0, 0.05) is 32.9 Å². The predicted molar refractivity (Wildman–Crippen MR) is 182 cm³/mol. The number of amides is 2. The van der Waals surface area contributed by atoms with Crippen LogP contribution in [0.2, 0.25) is 5.02 Å². The quantitative estimate of drug-likeness (QED) is 0.101. The van der Waals surface area contributed by atoms with Crippen LogP contribution in [0, 0.1) is 13.8 Å². The van der Waals surface area contributed by atoms with Crippen LogP contribution in [0.15, 0.2) is 99.9 Å². The summed E-state index contributed by atoms with van der Waals surface area (Å²) < 4.78 is 6.27. The monoisotopic (exact) mass is 687 g/mol. The molecule has 44 heavy (non-hydrogen) atoms. The Balaban J connectivity index is 1.10. The van der Waals surface area contributed by atoms with E-state index in [0.717, 1.165) is 33.2 Å². The van der Waals surface area contributed by atoms with E-state index in [-0.39, 0.29) is 18.4 Å². The van der Waals surface area contributed by atoms with Gasteiger partial charge in [-0.05, 0) is 95.5 Å². The Bertz CT molecular complexity index is 1820. The van der Waals surface area contributed by atoms with Crippen LogP contribution in [0.3, 0.4) is 0 Å². The molecular weight excluding hydrogens is 662 g/mol. The van der Waals surface area contributed by atoms with Crippen LogP contribution in [0.1, 0.15) is 27.0 Å². The van der Waals surface area contributed by atoms with Crippen molar-refractivity contribution in [2.24, 2.45) is 5.10 Å². The lowest BCUT2D eigenvalue weighted by Gasteiger charge is -2.10. The number of hydrazone groups is 1. The van der Waals surface area contributed by atoms with Crippen molar-refractivity contribution >= 4 is 73.4 Å². The van der Waals surface area contributed by atoms with Gasteiger partial charge in [-0.1, -0.05) is 47.5 Å². The number of aryl methyl sites for hydroxylation is 2. The minimum absolute atomic E-state index is 0.180. The first kappa shape index (κ1) is 30.9. The van der Waals surface area contributed by atoms with Crippen LogP contribution in [0.4, 0.5) is 16.5 Å². The van der Waals surface area contributed by atoms with Crippen LogP contribution in [0.5, 0.6) is 5.75 Å².